The van der Waals surface area contributed by atoms with Gasteiger partial charge in [0.2, 0.25) is 5.91 Å². The SMILES string of the molecule is Cc1nn(C)c(C)c1NC(=O)[C@@H](C)OC(=O)C[C@@H]1Sc2ccccc2NC1=O. The van der Waals surface area contributed by atoms with E-state index < -0.39 is 23.2 Å². The number of thioether (sulfide) groups is 1. The first-order valence-corrected chi connectivity index (χ1v) is 9.71. The monoisotopic (exact) mass is 402 g/mol. The number of benzene rings is 1. The smallest absolute Gasteiger partial charge is 0.308 e. The number of aromatic nitrogens is 2. The molecule has 0 aliphatic carbocycles. The maximum Gasteiger partial charge on any atom is 0.308 e. The lowest BCUT2D eigenvalue weighted by molar-refractivity contribution is -0.153. The summed E-state index contributed by atoms with van der Waals surface area (Å²) < 4.78 is 6.90. The van der Waals surface area contributed by atoms with Crippen molar-refractivity contribution in [1.82, 2.24) is 9.78 Å². The highest BCUT2D eigenvalue weighted by Crippen LogP contribution is 2.36. The van der Waals surface area contributed by atoms with Crippen LogP contribution in [0.5, 0.6) is 0 Å². The number of hydrogen-bond donors (Lipinski definition) is 2. The van der Waals surface area contributed by atoms with Crippen LogP contribution in [0.3, 0.4) is 0 Å². The molecule has 1 aromatic carbocycles. The molecule has 2 N–H and O–H groups in total. The van der Waals surface area contributed by atoms with E-state index in [9.17, 15) is 14.4 Å². The molecule has 1 aliphatic heterocycles. The quantitative estimate of drug-likeness (QED) is 0.745. The predicted molar refractivity (Wildman–Crippen MR) is 106 cm³/mol. The predicted octanol–water partition coefficient (Wildman–Crippen LogP) is 2.41. The molecule has 0 unspecified atom stereocenters. The van der Waals surface area contributed by atoms with E-state index in [2.05, 4.69) is 15.7 Å². The van der Waals surface area contributed by atoms with Crippen molar-refractivity contribution < 1.29 is 19.1 Å². The van der Waals surface area contributed by atoms with E-state index in [4.69, 9.17) is 4.74 Å². The third-order valence-corrected chi connectivity index (χ3v) is 5.77. The largest absolute Gasteiger partial charge is 0.452 e. The van der Waals surface area contributed by atoms with Crippen LogP contribution in [-0.2, 0) is 26.2 Å². The number of para-hydroxylation sites is 1. The average molecular weight is 402 g/mol. The molecule has 0 saturated carbocycles. The molecule has 0 bridgehead atoms. The number of carbonyl (C=O) groups is 3. The van der Waals surface area contributed by atoms with Gasteiger partial charge in [0.25, 0.3) is 5.91 Å². The Kier molecular flexibility index (Phi) is 5.73. The van der Waals surface area contributed by atoms with Gasteiger partial charge in [0, 0.05) is 11.9 Å². The molecule has 3 rings (SSSR count). The number of ether oxygens (including phenoxy) is 1. The van der Waals surface area contributed by atoms with Crippen molar-refractivity contribution in [2.24, 2.45) is 7.05 Å². The van der Waals surface area contributed by atoms with Crippen molar-refractivity contribution >= 4 is 40.9 Å². The van der Waals surface area contributed by atoms with Gasteiger partial charge in [-0.25, -0.2) is 0 Å². The first-order chi connectivity index (χ1) is 13.3. The van der Waals surface area contributed by atoms with Crippen LogP contribution >= 0.6 is 11.8 Å². The summed E-state index contributed by atoms with van der Waals surface area (Å²) in [6.45, 7) is 5.12. The van der Waals surface area contributed by atoms with Crippen LogP contribution in [0.25, 0.3) is 0 Å². The number of nitrogens with one attached hydrogen (secondary N) is 2. The molecule has 28 heavy (non-hydrogen) atoms. The summed E-state index contributed by atoms with van der Waals surface area (Å²) in [7, 11) is 1.78. The standard InChI is InChI=1S/C19H22N4O4S/c1-10-17(11(2)23(4)22-10)21-18(25)12(3)27-16(24)9-15-19(26)20-13-7-5-6-8-14(13)28-15/h5-8,12,15H,9H2,1-4H3,(H,20,26)(H,21,25)/t12-,15+/m1/s1. The number of anilines is 2. The Hall–Kier alpha value is -2.81. The van der Waals surface area contributed by atoms with Gasteiger partial charge in [0.05, 0.1) is 34.4 Å². The van der Waals surface area contributed by atoms with Crippen molar-refractivity contribution in [2.75, 3.05) is 10.6 Å². The van der Waals surface area contributed by atoms with E-state index in [-0.39, 0.29) is 12.3 Å². The summed E-state index contributed by atoms with van der Waals surface area (Å²) in [4.78, 5) is 37.7. The Bertz CT molecular complexity index is 940. The number of rotatable bonds is 5. The fraction of sp³-hybridized carbons (Fsp3) is 0.368. The van der Waals surface area contributed by atoms with E-state index in [0.717, 1.165) is 16.3 Å². The lowest BCUT2D eigenvalue weighted by atomic mass is 10.2. The number of esters is 1. The zero-order valence-corrected chi connectivity index (χ0v) is 16.9. The fourth-order valence-electron chi connectivity index (χ4n) is 2.86. The Balaban J connectivity index is 1.57. The van der Waals surface area contributed by atoms with Gasteiger partial charge in [0.1, 0.15) is 0 Å². The van der Waals surface area contributed by atoms with Gasteiger partial charge >= 0.3 is 5.97 Å². The second-order valence-electron chi connectivity index (χ2n) is 6.59. The minimum Gasteiger partial charge on any atom is -0.452 e. The Morgan fingerprint density at radius 2 is 2.07 bits per heavy atom. The minimum atomic E-state index is -0.990. The number of fused-ring (bicyclic) bond motifs is 1. The summed E-state index contributed by atoms with van der Waals surface area (Å²) >= 11 is 1.31. The molecule has 0 spiro atoms. The summed E-state index contributed by atoms with van der Waals surface area (Å²) in [6, 6.07) is 7.39. The third kappa shape index (κ3) is 4.19. The van der Waals surface area contributed by atoms with Crippen molar-refractivity contribution in [2.45, 2.75) is 43.4 Å². The molecule has 2 atom stereocenters. The van der Waals surface area contributed by atoms with Crippen molar-refractivity contribution in [1.29, 1.82) is 0 Å². The van der Waals surface area contributed by atoms with Crippen LogP contribution in [0.1, 0.15) is 24.7 Å². The van der Waals surface area contributed by atoms with Crippen LogP contribution in [0.15, 0.2) is 29.2 Å². The molecule has 1 aromatic heterocycles. The molecule has 0 saturated heterocycles. The van der Waals surface area contributed by atoms with Gasteiger partial charge in [0.15, 0.2) is 6.10 Å². The molecule has 0 radical (unpaired) electrons. The zero-order valence-electron chi connectivity index (χ0n) is 16.1. The maximum atomic E-state index is 12.4. The summed E-state index contributed by atoms with van der Waals surface area (Å²) in [6.07, 6.45) is -1.11. The normalized spacial score (nSPS) is 16.7. The van der Waals surface area contributed by atoms with Gasteiger partial charge in [-0.05, 0) is 32.9 Å². The first-order valence-electron chi connectivity index (χ1n) is 8.83. The molecular weight excluding hydrogens is 380 g/mol. The zero-order chi connectivity index (χ0) is 20.4. The first kappa shape index (κ1) is 19.9. The molecule has 2 heterocycles. The van der Waals surface area contributed by atoms with Gasteiger partial charge in [-0.2, -0.15) is 5.10 Å². The fourth-order valence-corrected chi connectivity index (χ4v) is 3.95. The van der Waals surface area contributed by atoms with Crippen molar-refractivity contribution in [3.8, 4) is 0 Å². The Morgan fingerprint density at radius 1 is 1.36 bits per heavy atom. The number of nitrogens with zero attached hydrogens (tertiary/aromatic N) is 2. The van der Waals surface area contributed by atoms with E-state index in [1.807, 2.05) is 31.2 Å². The van der Waals surface area contributed by atoms with Gasteiger partial charge in [-0.1, -0.05) is 12.1 Å². The Morgan fingerprint density at radius 3 is 2.75 bits per heavy atom. The van der Waals surface area contributed by atoms with Crippen molar-refractivity contribution in [3.05, 3.63) is 35.7 Å². The number of aryl methyl sites for hydroxylation is 2. The topological polar surface area (TPSA) is 102 Å². The van der Waals surface area contributed by atoms with E-state index in [0.29, 0.717) is 11.4 Å². The minimum absolute atomic E-state index is 0.118. The lowest BCUT2D eigenvalue weighted by Crippen LogP contribution is -2.34. The Labute approximate surface area is 167 Å². The third-order valence-electron chi connectivity index (χ3n) is 4.49. The van der Waals surface area contributed by atoms with Crippen LogP contribution in [0, 0.1) is 13.8 Å². The molecule has 2 aromatic rings. The lowest BCUT2D eigenvalue weighted by Gasteiger charge is -2.23. The second kappa shape index (κ2) is 8.05. The summed E-state index contributed by atoms with van der Waals surface area (Å²) in [5.41, 5.74) is 2.82. The van der Waals surface area contributed by atoms with Gasteiger partial charge in [-0.15, -0.1) is 11.8 Å². The maximum absolute atomic E-state index is 12.4. The van der Waals surface area contributed by atoms with E-state index in [1.54, 1.807) is 18.7 Å². The number of hydrogen-bond acceptors (Lipinski definition) is 6. The molecule has 148 valence electrons. The van der Waals surface area contributed by atoms with Crippen LogP contribution in [0.4, 0.5) is 11.4 Å². The molecule has 1 aliphatic rings. The second-order valence-corrected chi connectivity index (χ2v) is 7.83. The molecular formula is C19H22N4O4S. The van der Waals surface area contributed by atoms with E-state index in [1.165, 1.54) is 18.7 Å². The molecule has 8 nitrogen and oxygen atoms in total. The van der Waals surface area contributed by atoms with E-state index >= 15 is 0 Å². The van der Waals surface area contributed by atoms with Crippen LogP contribution < -0.4 is 10.6 Å². The average Bonchev–Trinajstić information content (AvgIpc) is 2.88. The highest BCUT2D eigenvalue weighted by atomic mass is 32.2. The van der Waals surface area contributed by atoms with Gasteiger partial charge < -0.3 is 15.4 Å². The highest BCUT2D eigenvalue weighted by molar-refractivity contribution is 8.01. The van der Waals surface area contributed by atoms with Crippen LogP contribution in [0.2, 0.25) is 0 Å². The number of amides is 2. The summed E-state index contributed by atoms with van der Waals surface area (Å²) in [5.74, 6) is -1.30. The molecule has 9 heteroatoms. The molecule has 2 amide bonds. The molecule has 0 fully saturated rings. The van der Waals surface area contributed by atoms with Gasteiger partial charge in [-0.3, -0.25) is 19.1 Å². The summed E-state index contributed by atoms with van der Waals surface area (Å²) in [5, 5.41) is 9.17. The van der Waals surface area contributed by atoms with Crippen LogP contribution in [-0.4, -0.2) is 38.9 Å². The van der Waals surface area contributed by atoms with Crippen molar-refractivity contribution in [3.63, 3.8) is 0 Å². The highest BCUT2D eigenvalue weighted by Gasteiger charge is 2.30. The number of carbonyl (C=O) groups excluding carboxylic acids is 3.